The highest BCUT2D eigenvalue weighted by Gasteiger charge is 2.02. The molecule has 13 heavy (non-hydrogen) atoms. The predicted octanol–water partition coefficient (Wildman–Crippen LogP) is 0.989. The summed E-state index contributed by atoms with van der Waals surface area (Å²) in [6.07, 6.45) is 0.619. The molecule has 0 radical (unpaired) electrons. The first-order valence-electron chi connectivity index (χ1n) is 4.00. The SMILES string of the molecule is NNc1ccccc1CCC(=O)O. The summed E-state index contributed by atoms with van der Waals surface area (Å²) < 4.78 is 0. The number of nitrogen functional groups attached to an aromatic ring is 1. The number of carboxylic acids is 1. The molecule has 0 bridgehead atoms. The lowest BCUT2D eigenvalue weighted by Crippen LogP contribution is -2.09. The van der Waals surface area contributed by atoms with Crippen LogP contribution in [0.1, 0.15) is 12.0 Å². The molecule has 0 aliphatic heterocycles. The van der Waals surface area contributed by atoms with Crippen molar-refractivity contribution in [1.82, 2.24) is 0 Å². The lowest BCUT2D eigenvalue weighted by atomic mass is 10.1. The molecule has 0 aliphatic carbocycles. The summed E-state index contributed by atoms with van der Waals surface area (Å²) >= 11 is 0. The molecule has 1 aromatic carbocycles. The van der Waals surface area contributed by atoms with Crippen LogP contribution in [0.15, 0.2) is 24.3 Å². The van der Waals surface area contributed by atoms with Crippen LogP contribution < -0.4 is 11.3 Å². The zero-order chi connectivity index (χ0) is 9.68. The summed E-state index contributed by atoms with van der Waals surface area (Å²) in [6.45, 7) is 0. The molecule has 0 heterocycles. The fourth-order valence-electron chi connectivity index (χ4n) is 1.12. The Bertz CT molecular complexity index is 299. The van der Waals surface area contributed by atoms with Gasteiger partial charge in [-0.2, -0.15) is 0 Å². The molecule has 0 saturated carbocycles. The molecule has 0 unspecified atom stereocenters. The van der Waals surface area contributed by atoms with E-state index >= 15 is 0 Å². The van der Waals surface area contributed by atoms with Crippen molar-refractivity contribution in [2.45, 2.75) is 12.8 Å². The molecule has 1 rings (SSSR count). The zero-order valence-corrected chi connectivity index (χ0v) is 7.16. The fourth-order valence-corrected chi connectivity index (χ4v) is 1.12. The summed E-state index contributed by atoms with van der Waals surface area (Å²) in [5, 5.41) is 8.49. The van der Waals surface area contributed by atoms with Crippen LogP contribution in [0.5, 0.6) is 0 Å². The second-order valence-electron chi connectivity index (χ2n) is 2.70. The summed E-state index contributed by atoms with van der Waals surface area (Å²) in [5.74, 6) is 4.46. The highest BCUT2D eigenvalue weighted by molar-refractivity contribution is 5.67. The monoisotopic (exact) mass is 180 g/mol. The summed E-state index contributed by atoms with van der Waals surface area (Å²) in [6, 6.07) is 7.38. The smallest absolute Gasteiger partial charge is 0.303 e. The van der Waals surface area contributed by atoms with Crippen molar-refractivity contribution >= 4 is 11.7 Å². The van der Waals surface area contributed by atoms with Gasteiger partial charge in [-0.05, 0) is 18.1 Å². The number of hydrogen-bond donors (Lipinski definition) is 3. The number of benzene rings is 1. The van der Waals surface area contributed by atoms with Crippen molar-refractivity contribution in [3.8, 4) is 0 Å². The molecule has 0 aromatic heterocycles. The van der Waals surface area contributed by atoms with Gasteiger partial charge >= 0.3 is 5.97 Å². The molecular weight excluding hydrogens is 168 g/mol. The van der Waals surface area contributed by atoms with E-state index in [-0.39, 0.29) is 6.42 Å². The van der Waals surface area contributed by atoms with Crippen LogP contribution >= 0.6 is 0 Å². The Hall–Kier alpha value is -1.55. The van der Waals surface area contributed by atoms with Crippen molar-refractivity contribution < 1.29 is 9.90 Å². The number of hydrazine groups is 1. The Morgan fingerprint density at radius 3 is 2.77 bits per heavy atom. The highest BCUT2D eigenvalue weighted by atomic mass is 16.4. The molecule has 0 fully saturated rings. The third-order valence-corrected chi connectivity index (χ3v) is 1.78. The van der Waals surface area contributed by atoms with Gasteiger partial charge in [-0.15, -0.1) is 0 Å². The van der Waals surface area contributed by atoms with E-state index < -0.39 is 5.97 Å². The van der Waals surface area contributed by atoms with E-state index in [1.165, 1.54) is 0 Å². The molecule has 0 aliphatic rings. The third-order valence-electron chi connectivity index (χ3n) is 1.78. The Balaban J connectivity index is 2.69. The van der Waals surface area contributed by atoms with Gasteiger partial charge in [0.1, 0.15) is 0 Å². The number of nitrogens with two attached hydrogens (primary N) is 1. The minimum atomic E-state index is -0.799. The minimum Gasteiger partial charge on any atom is -0.481 e. The molecule has 0 atom stereocenters. The van der Waals surface area contributed by atoms with Crippen molar-refractivity contribution in [3.05, 3.63) is 29.8 Å². The van der Waals surface area contributed by atoms with Crippen LogP contribution in [-0.2, 0) is 11.2 Å². The van der Waals surface area contributed by atoms with Crippen molar-refractivity contribution in [3.63, 3.8) is 0 Å². The van der Waals surface area contributed by atoms with E-state index in [0.29, 0.717) is 6.42 Å². The van der Waals surface area contributed by atoms with Gasteiger partial charge in [0.15, 0.2) is 0 Å². The molecule has 4 N–H and O–H groups in total. The highest BCUT2D eigenvalue weighted by Crippen LogP contribution is 2.14. The first kappa shape index (κ1) is 9.54. The number of hydrogen-bond acceptors (Lipinski definition) is 3. The molecule has 0 saturated heterocycles. The number of aryl methyl sites for hydroxylation is 1. The average molecular weight is 180 g/mol. The fraction of sp³-hybridized carbons (Fsp3) is 0.222. The lowest BCUT2D eigenvalue weighted by Gasteiger charge is -2.06. The maximum absolute atomic E-state index is 10.3. The van der Waals surface area contributed by atoms with Crippen molar-refractivity contribution in [2.75, 3.05) is 5.43 Å². The number of carbonyl (C=O) groups is 1. The van der Waals surface area contributed by atoms with Gasteiger partial charge in [0.25, 0.3) is 0 Å². The van der Waals surface area contributed by atoms with Crippen molar-refractivity contribution in [2.24, 2.45) is 5.84 Å². The van der Waals surface area contributed by atoms with E-state index in [1.807, 2.05) is 24.3 Å². The molecule has 0 amide bonds. The number of carboxylic acid groups (broad SMARTS) is 1. The molecule has 4 nitrogen and oxygen atoms in total. The van der Waals surface area contributed by atoms with Crippen molar-refractivity contribution in [1.29, 1.82) is 0 Å². The number of nitrogens with one attached hydrogen (secondary N) is 1. The van der Waals surface area contributed by atoms with E-state index in [4.69, 9.17) is 10.9 Å². The van der Waals surface area contributed by atoms with E-state index in [9.17, 15) is 4.79 Å². The van der Waals surface area contributed by atoms with Gasteiger partial charge in [-0.1, -0.05) is 18.2 Å². The maximum Gasteiger partial charge on any atom is 0.303 e. The Morgan fingerprint density at radius 1 is 1.46 bits per heavy atom. The maximum atomic E-state index is 10.3. The standard InChI is InChI=1S/C9H12N2O2/c10-11-8-4-2-1-3-7(8)5-6-9(12)13/h1-4,11H,5-6,10H2,(H,12,13). The average Bonchev–Trinajstić information content (AvgIpc) is 2.15. The number of anilines is 1. The van der Waals surface area contributed by atoms with Gasteiger partial charge in [0.2, 0.25) is 0 Å². The molecule has 4 heteroatoms. The van der Waals surface area contributed by atoms with Gasteiger partial charge in [0, 0.05) is 6.42 Å². The van der Waals surface area contributed by atoms with Crippen LogP contribution in [0.4, 0.5) is 5.69 Å². The summed E-state index contributed by atoms with van der Waals surface area (Å²) in [5.41, 5.74) is 4.23. The van der Waals surface area contributed by atoms with Gasteiger partial charge < -0.3 is 10.5 Å². The Morgan fingerprint density at radius 2 is 2.15 bits per heavy atom. The second kappa shape index (κ2) is 4.47. The number of aliphatic carboxylic acids is 1. The summed E-state index contributed by atoms with van der Waals surface area (Å²) in [7, 11) is 0. The molecular formula is C9H12N2O2. The lowest BCUT2D eigenvalue weighted by molar-refractivity contribution is -0.136. The van der Waals surface area contributed by atoms with E-state index in [1.54, 1.807) is 0 Å². The van der Waals surface area contributed by atoms with Crippen LogP contribution in [-0.4, -0.2) is 11.1 Å². The molecule has 0 spiro atoms. The van der Waals surface area contributed by atoms with Gasteiger partial charge in [0.05, 0.1) is 5.69 Å². The third kappa shape index (κ3) is 2.76. The number of rotatable bonds is 4. The number of para-hydroxylation sites is 1. The molecule has 1 aromatic rings. The minimum absolute atomic E-state index is 0.124. The molecule has 70 valence electrons. The van der Waals surface area contributed by atoms with E-state index in [2.05, 4.69) is 5.43 Å². The first-order chi connectivity index (χ1) is 6.24. The predicted molar refractivity (Wildman–Crippen MR) is 50.2 cm³/mol. The van der Waals surface area contributed by atoms with Gasteiger partial charge in [-0.25, -0.2) is 0 Å². The van der Waals surface area contributed by atoms with Crippen LogP contribution in [0.2, 0.25) is 0 Å². The Labute approximate surface area is 76.3 Å². The van der Waals surface area contributed by atoms with Gasteiger partial charge in [-0.3, -0.25) is 10.6 Å². The van der Waals surface area contributed by atoms with Crippen LogP contribution in [0.3, 0.4) is 0 Å². The normalized spacial score (nSPS) is 9.62. The first-order valence-corrected chi connectivity index (χ1v) is 4.00. The van der Waals surface area contributed by atoms with E-state index in [0.717, 1.165) is 11.3 Å². The van der Waals surface area contributed by atoms with Crippen LogP contribution in [0.25, 0.3) is 0 Å². The van der Waals surface area contributed by atoms with Crippen LogP contribution in [0, 0.1) is 0 Å². The quantitative estimate of drug-likeness (QED) is 0.477. The zero-order valence-electron chi connectivity index (χ0n) is 7.16. The Kier molecular flexibility index (Phi) is 3.28. The summed E-state index contributed by atoms with van der Waals surface area (Å²) in [4.78, 5) is 10.3. The second-order valence-corrected chi connectivity index (χ2v) is 2.70. The largest absolute Gasteiger partial charge is 0.481 e. The topological polar surface area (TPSA) is 75.3 Å².